The first kappa shape index (κ1) is 22.9. The van der Waals surface area contributed by atoms with Crippen molar-refractivity contribution >= 4 is 33.0 Å². The molecule has 0 aliphatic carbocycles. The van der Waals surface area contributed by atoms with Crippen LogP contribution in [0.5, 0.6) is 0 Å². The van der Waals surface area contributed by atoms with Gasteiger partial charge in [-0.25, -0.2) is 8.42 Å². The predicted molar refractivity (Wildman–Crippen MR) is 124 cm³/mol. The minimum Gasteiger partial charge on any atom is -0.366 e. The van der Waals surface area contributed by atoms with Gasteiger partial charge in [-0.1, -0.05) is 35.9 Å². The summed E-state index contributed by atoms with van der Waals surface area (Å²) in [6.07, 6.45) is 1.49. The van der Waals surface area contributed by atoms with Crippen LogP contribution < -0.4 is 10.5 Å². The van der Waals surface area contributed by atoms with Gasteiger partial charge < -0.3 is 4.90 Å². The first-order chi connectivity index (χ1) is 15.7. The normalized spacial score (nSPS) is 14.9. The van der Waals surface area contributed by atoms with Crippen LogP contribution in [0.4, 0.5) is 11.4 Å². The molecule has 4 rings (SSSR count). The molecule has 1 fully saturated rings. The van der Waals surface area contributed by atoms with E-state index < -0.39 is 20.5 Å². The minimum absolute atomic E-state index is 0.000630. The molecule has 33 heavy (non-hydrogen) atoms. The fourth-order valence-corrected chi connectivity index (χ4v) is 5.35. The highest BCUT2D eigenvalue weighted by Gasteiger charge is 2.31. The van der Waals surface area contributed by atoms with Crippen molar-refractivity contribution in [2.45, 2.75) is 11.8 Å². The Balaban J connectivity index is 1.54. The predicted octanol–water partition coefficient (Wildman–Crippen LogP) is 2.61. The SMILES string of the molecule is Cc1ccc(S(=O)(=O)N2CCN(c3cnn(-c4ccccc4)c(=O)c3Cl)CC2)cc1[N+](=O)[O-]. The molecule has 1 aliphatic heterocycles. The number of halogens is 1. The lowest BCUT2D eigenvalue weighted by Gasteiger charge is -2.35. The summed E-state index contributed by atoms with van der Waals surface area (Å²) < 4.78 is 28.5. The number of para-hydroxylation sites is 1. The third kappa shape index (κ3) is 4.34. The molecule has 0 bridgehead atoms. The number of piperazine rings is 1. The highest BCUT2D eigenvalue weighted by atomic mass is 35.5. The van der Waals surface area contributed by atoms with Gasteiger partial charge >= 0.3 is 0 Å². The van der Waals surface area contributed by atoms with E-state index >= 15 is 0 Å². The maximum atomic E-state index is 13.0. The molecule has 0 spiro atoms. The summed E-state index contributed by atoms with van der Waals surface area (Å²) in [6.45, 7) is 2.37. The molecule has 2 aromatic carbocycles. The van der Waals surface area contributed by atoms with Crippen LogP contribution in [0.3, 0.4) is 0 Å². The number of nitro groups is 1. The second-order valence-electron chi connectivity index (χ2n) is 7.49. The molecule has 3 aromatic rings. The Bertz CT molecular complexity index is 1370. The molecule has 0 saturated carbocycles. The molecular formula is C21H20ClN5O5S. The number of nitro benzene ring substituents is 1. The third-order valence-corrected chi connectivity index (χ3v) is 7.75. The van der Waals surface area contributed by atoms with Gasteiger partial charge in [0.25, 0.3) is 11.2 Å². The van der Waals surface area contributed by atoms with E-state index in [0.717, 1.165) is 6.07 Å². The second-order valence-corrected chi connectivity index (χ2v) is 9.81. The van der Waals surface area contributed by atoms with Crippen LogP contribution >= 0.6 is 11.6 Å². The fourth-order valence-electron chi connectivity index (χ4n) is 3.66. The Morgan fingerprint density at radius 2 is 1.73 bits per heavy atom. The van der Waals surface area contributed by atoms with Crippen LogP contribution in [0.25, 0.3) is 5.69 Å². The number of benzene rings is 2. The van der Waals surface area contributed by atoms with E-state index in [4.69, 9.17) is 11.6 Å². The van der Waals surface area contributed by atoms with Crippen LogP contribution in [-0.4, -0.2) is 53.6 Å². The molecule has 1 aromatic heterocycles. The van der Waals surface area contributed by atoms with Crippen molar-refractivity contribution < 1.29 is 13.3 Å². The zero-order chi connectivity index (χ0) is 23.8. The summed E-state index contributed by atoms with van der Waals surface area (Å²) in [6, 6.07) is 12.8. The van der Waals surface area contributed by atoms with Crippen molar-refractivity contribution in [2.24, 2.45) is 0 Å². The minimum atomic E-state index is -3.91. The van der Waals surface area contributed by atoms with E-state index in [-0.39, 0.29) is 41.8 Å². The summed E-state index contributed by atoms with van der Waals surface area (Å²) in [5.74, 6) is 0. The average Bonchev–Trinajstić information content (AvgIpc) is 2.81. The molecule has 0 unspecified atom stereocenters. The smallest absolute Gasteiger partial charge is 0.292 e. The molecule has 0 atom stereocenters. The molecule has 1 aliphatic rings. The van der Waals surface area contributed by atoms with Gasteiger partial charge in [-0.3, -0.25) is 14.9 Å². The Morgan fingerprint density at radius 1 is 1.06 bits per heavy atom. The lowest BCUT2D eigenvalue weighted by atomic mass is 10.2. The summed E-state index contributed by atoms with van der Waals surface area (Å²) >= 11 is 6.35. The van der Waals surface area contributed by atoms with E-state index in [1.54, 1.807) is 36.1 Å². The Kier molecular flexibility index (Phi) is 6.19. The molecule has 0 amide bonds. The highest BCUT2D eigenvalue weighted by molar-refractivity contribution is 7.89. The second kappa shape index (κ2) is 8.93. The van der Waals surface area contributed by atoms with Gasteiger partial charge in [0.1, 0.15) is 5.02 Å². The van der Waals surface area contributed by atoms with Gasteiger partial charge in [-0.05, 0) is 25.1 Å². The first-order valence-corrected chi connectivity index (χ1v) is 11.9. The van der Waals surface area contributed by atoms with Crippen LogP contribution in [0.2, 0.25) is 5.02 Å². The molecule has 172 valence electrons. The number of hydrogen-bond donors (Lipinski definition) is 0. The van der Waals surface area contributed by atoms with Gasteiger partial charge in [-0.15, -0.1) is 0 Å². The van der Waals surface area contributed by atoms with Crippen molar-refractivity contribution in [3.8, 4) is 5.69 Å². The maximum Gasteiger partial charge on any atom is 0.292 e. The van der Waals surface area contributed by atoms with Gasteiger partial charge in [0, 0.05) is 37.8 Å². The van der Waals surface area contributed by atoms with Crippen LogP contribution in [0.1, 0.15) is 5.56 Å². The summed E-state index contributed by atoms with van der Waals surface area (Å²) in [4.78, 5) is 25.0. The Labute approximate surface area is 194 Å². The van der Waals surface area contributed by atoms with E-state index in [1.807, 2.05) is 6.07 Å². The molecule has 12 heteroatoms. The third-order valence-electron chi connectivity index (χ3n) is 5.50. The molecular weight excluding hydrogens is 470 g/mol. The quantitative estimate of drug-likeness (QED) is 0.399. The number of sulfonamides is 1. The summed E-state index contributed by atoms with van der Waals surface area (Å²) in [5.41, 5.74) is 0.681. The van der Waals surface area contributed by atoms with Crippen molar-refractivity contribution in [1.29, 1.82) is 0 Å². The summed E-state index contributed by atoms with van der Waals surface area (Å²) in [5, 5.41) is 15.4. The number of aryl methyl sites for hydroxylation is 1. The number of hydrogen-bond acceptors (Lipinski definition) is 7. The summed E-state index contributed by atoms with van der Waals surface area (Å²) in [7, 11) is -3.91. The molecule has 10 nitrogen and oxygen atoms in total. The molecule has 1 saturated heterocycles. The van der Waals surface area contributed by atoms with Gasteiger partial charge in [0.15, 0.2) is 0 Å². The van der Waals surface area contributed by atoms with E-state index in [2.05, 4.69) is 5.10 Å². The lowest BCUT2D eigenvalue weighted by molar-refractivity contribution is -0.385. The zero-order valence-corrected chi connectivity index (χ0v) is 19.2. The largest absolute Gasteiger partial charge is 0.366 e. The van der Waals surface area contributed by atoms with E-state index in [1.165, 1.54) is 27.3 Å². The van der Waals surface area contributed by atoms with Gasteiger partial charge in [-0.2, -0.15) is 14.1 Å². The maximum absolute atomic E-state index is 13.0. The van der Waals surface area contributed by atoms with Crippen LogP contribution in [0, 0.1) is 17.0 Å². The van der Waals surface area contributed by atoms with Gasteiger partial charge in [0.2, 0.25) is 10.0 Å². The lowest BCUT2D eigenvalue weighted by Crippen LogP contribution is -2.49. The molecule has 0 radical (unpaired) electrons. The van der Waals surface area contributed by atoms with Crippen molar-refractivity contribution in [2.75, 3.05) is 31.1 Å². The number of rotatable bonds is 5. The van der Waals surface area contributed by atoms with Crippen molar-refractivity contribution in [1.82, 2.24) is 14.1 Å². The van der Waals surface area contributed by atoms with Crippen LogP contribution in [0.15, 0.2) is 64.4 Å². The Morgan fingerprint density at radius 3 is 2.36 bits per heavy atom. The van der Waals surface area contributed by atoms with Crippen molar-refractivity contribution in [3.63, 3.8) is 0 Å². The van der Waals surface area contributed by atoms with Crippen molar-refractivity contribution in [3.05, 3.63) is 85.8 Å². The van der Waals surface area contributed by atoms with E-state index in [0.29, 0.717) is 16.9 Å². The van der Waals surface area contributed by atoms with E-state index in [9.17, 15) is 23.3 Å². The monoisotopic (exact) mass is 489 g/mol. The first-order valence-electron chi connectivity index (χ1n) is 10.0. The topological polar surface area (TPSA) is 119 Å². The molecule has 0 N–H and O–H groups in total. The van der Waals surface area contributed by atoms with Gasteiger partial charge in [0.05, 0.1) is 27.4 Å². The highest BCUT2D eigenvalue weighted by Crippen LogP contribution is 2.27. The number of aromatic nitrogens is 2. The average molecular weight is 490 g/mol. The zero-order valence-electron chi connectivity index (χ0n) is 17.6. The molecule has 2 heterocycles. The fraction of sp³-hybridized carbons (Fsp3) is 0.238. The number of nitrogens with zero attached hydrogens (tertiary/aromatic N) is 5. The number of anilines is 1. The standard InChI is InChI=1S/C21H20ClN5O5S/c1-15-7-8-17(13-18(15)27(29)30)33(31,32)25-11-9-24(10-12-25)19-14-23-26(21(28)20(19)22)16-5-3-2-4-6-16/h2-8,13-14H,9-12H2,1H3. The Hall–Kier alpha value is -3.28. The van der Waals surface area contributed by atoms with Crippen LogP contribution in [-0.2, 0) is 10.0 Å².